The van der Waals surface area contributed by atoms with Crippen molar-refractivity contribution in [1.82, 2.24) is 5.32 Å². The molecule has 5 heteroatoms. The fourth-order valence-corrected chi connectivity index (χ4v) is 2.60. The maximum atomic E-state index is 12.3. The van der Waals surface area contributed by atoms with Gasteiger partial charge in [-0.2, -0.15) is 0 Å². The van der Waals surface area contributed by atoms with Crippen LogP contribution in [0.1, 0.15) is 42.5 Å². The van der Waals surface area contributed by atoms with E-state index in [1.807, 2.05) is 32.0 Å². The van der Waals surface area contributed by atoms with E-state index in [0.717, 1.165) is 23.1 Å². The van der Waals surface area contributed by atoms with E-state index >= 15 is 0 Å². The van der Waals surface area contributed by atoms with Gasteiger partial charge in [0.05, 0.1) is 6.61 Å². The molecule has 2 atom stereocenters. The fourth-order valence-electron chi connectivity index (χ4n) is 2.60. The molecule has 5 nitrogen and oxygen atoms in total. The van der Waals surface area contributed by atoms with Crippen LogP contribution in [0.3, 0.4) is 0 Å². The van der Waals surface area contributed by atoms with Crippen LogP contribution < -0.4 is 5.32 Å². The molecule has 1 heterocycles. The first-order chi connectivity index (χ1) is 10.5. The van der Waals surface area contributed by atoms with E-state index in [0.29, 0.717) is 13.0 Å². The molecule has 2 rings (SSSR count). The molecular formula is C17H23NO4. The molecule has 0 spiro atoms. The maximum absolute atomic E-state index is 12.3. The molecule has 1 aliphatic rings. The second-order valence-electron chi connectivity index (χ2n) is 5.48. The molecule has 1 aliphatic heterocycles. The Kier molecular flexibility index (Phi) is 5.55. The minimum Gasteiger partial charge on any atom is -0.464 e. The van der Waals surface area contributed by atoms with Gasteiger partial charge in [0, 0.05) is 6.61 Å². The van der Waals surface area contributed by atoms with E-state index in [1.165, 1.54) is 0 Å². The number of hydrogen-bond donors (Lipinski definition) is 1. The van der Waals surface area contributed by atoms with Crippen molar-refractivity contribution in [3.63, 3.8) is 0 Å². The third kappa shape index (κ3) is 3.65. The molecule has 0 unspecified atom stereocenters. The van der Waals surface area contributed by atoms with Gasteiger partial charge in [0.25, 0.3) is 0 Å². The summed E-state index contributed by atoms with van der Waals surface area (Å²) < 4.78 is 10.5. The quantitative estimate of drug-likeness (QED) is 0.847. The van der Waals surface area contributed by atoms with Crippen molar-refractivity contribution in [2.75, 3.05) is 13.2 Å². The van der Waals surface area contributed by atoms with E-state index in [2.05, 4.69) is 5.32 Å². The molecule has 1 aromatic rings. The molecule has 1 N–H and O–H groups in total. The highest BCUT2D eigenvalue weighted by atomic mass is 16.5. The summed E-state index contributed by atoms with van der Waals surface area (Å²) in [6.07, 6.45) is 1.09. The Morgan fingerprint density at radius 3 is 2.82 bits per heavy atom. The minimum atomic E-state index is -0.795. The summed E-state index contributed by atoms with van der Waals surface area (Å²) in [5.74, 6) is -0.695. The molecule has 1 saturated heterocycles. The molecule has 22 heavy (non-hydrogen) atoms. The third-order valence-corrected chi connectivity index (χ3v) is 3.99. The van der Waals surface area contributed by atoms with Crippen LogP contribution in [0.25, 0.3) is 0 Å². The summed E-state index contributed by atoms with van der Waals surface area (Å²) in [7, 11) is 0. The number of nitrogens with one attached hydrogen (secondary N) is 1. The van der Waals surface area contributed by atoms with Crippen molar-refractivity contribution >= 4 is 11.9 Å². The zero-order valence-electron chi connectivity index (χ0n) is 13.3. The SMILES string of the molecule is CCOC(=O)[C@H](NC(=O)[C@@H]1CCCO1)c1cccc(C)c1C. The smallest absolute Gasteiger partial charge is 0.333 e. The number of ether oxygens (including phenoxy) is 2. The summed E-state index contributed by atoms with van der Waals surface area (Å²) in [4.78, 5) is 24.6. The second-order valence-corrected chi connectivity index (χ2v) is 5.48. The van der Waals surface area contributed by atoms with Crippen LogP contribution in [-0.2, 0) is 19.1 Å². The van der Waals surface area contributed by atoms with Gasteiger partial charge in [0.15, 0.2) is 6.04 Å². The first-order valence-electron chi connectivity index (χ1n) is 7.69. The van der Waals surface area contributed by atoms with E-state index in [-0.39, 0.29) is 12.5 Å². The number of benzene rings is 1. The summed E-state index contributed by atoms with van der Waals surface area (Å²) in [5, 5.41) is 2.79. The summed E-state index contributed by atoms with van der Waals surface area (Å²) in [5.41, 5.74) is 2.82. The van der Waals surface area contributed by atoms with Crippen molar-refractivity contribution in [2.24, 2.45) is 0 Å². The molecule has 1 fully saturated rings. The Balaban J connectivity index is 2.24. The number of carbonyl (C=O) groups is 2. The van der Waals surface area contributed by atoms with Gasteiger partial charge in [-0.25, -0.2) is 4.79 Å². The lowest BCUT2D eigenvalue weighted by molar-refractivity contribution is -0.148. The van der Waals surface area contributed by atoms with Crippen LogP contribution in [0, 0.1) is 13.8 Å². The van der Waals surface area contributed by atoms with Crippen molar-refractivity contribution < 1.29 is 19.1 Å². The van der Waals surface area contributed by atoms with Gasteiger partial charge < -0.3 is 14.8 Å². The molecule has 120 valence electrons. The Labute approximate surface area is 131 Å². The Bertz CT molecular complexity index is 550. The predicted molar refractivity (Wildman–Crippen MR) is 82.4 cm³/mol. The molecule has 1 aromatic carbocycles. The average molecular weight is 305 g/mol. The molecule has 0 aromatic heterocycles. The van der Waals surface area contributed by atoms with Gasteiger partial charge in [-0.1, -0.05) is 18.2 Å². The van der Waals surface area contributed by atoms with E-state index in [9.17, 15) is 9.59 Å². The summed E-state index contributed by atoms with van der Waals surface area (Å²) in [6, 6.07) is 4.90. The Morgan fingerprint density at radius 1 is 1.41 bits per heavy atom. The molecule has 0 radical (unpaired) electrons. The number of esters is 1. The zero-order valence-corrected chi connectivity index (χ0v) is 13.3. The van der Waals surface area contributed by atoms with Gasteiger partial charge >= 0.3 is 5.97 Å². The first kappa shape index (κ1) is 16.5. The van der Waals surface area contributed by atoms with E-state index in [1.54, 1.807) is 6.92 Å². The lowest BCUT2D eigenvalue weighted by atomic mass is 9.97. The maximum Gasteiger partial charge on any atom is 0.333 e. The fraction of sp³-hybridized carbons (Fsp3) is 0.529. The van der Waals surface area contributed by atoms with Crippen LogP contribution in [0.15, 0.2) is 18.2 Å². The van der Waals surface area contributed by atoms with Gasteiger partial charge in [0.1, 0.15) is 6.10 Å². The third-order valence-electron chi connectivity index (χ3n) is 3.99. The zero-order chi connectivity index (χ0) is 16.1. The lowest BCUT2D eigenvalue weighted by Crippen LogP contribution is -2.41. The van der Waals surface area contributed by atoms with Crippen molar-refractivity contribution in [3.05, 3.63) is 34.9 Å². The summed E-state index contributed by atoms with van der Waals surface area (Å²) >= 11 is 0. The highest BCUT2D eigenvalue weighted by Crippen LogP contribution is 2.23. The van der Waals surface area contributed by atoms with Gasteiger partial charge in [-0.15, -0.1) is 0 Å². The van der Waals surface area contributed by atoms with Gasteiger partial charge in [-0.05, 0) is 50.3 Å². The highest BCUT2D eigenvalue weighted by Gasteiger charge is 2.30. The predicted octanol–water partition coefficient (Wildman–Crippen LogP) is 2.20. The first-order valence-corrected chi connectivity index (χ1v) is 7.69. The van der Waals surface area contributed by atoms with Crippen LogP contribution in [0.2, 0.25) is 0 Å². The lowest BCUT2D eigenvalue weighted by Gasteiger charge is -2.22. The van der Waals surface area contributed by atoms with Crippen LogP contribution >= 0.6 is 0 Å². The number of hydrogen-bond acceptors (Lipinski definition) is 4. The van der Waals surface area contributed by atoms with Gasteiger partial charge in [0.2, 0.25) is 5.91 Å². The molecule has 0 saturated carbocycles. The highest BCUT2D eigenvalue weighted by molar-refractivity contribution is 5.88. The second kappa shape index (κ2) is 7.40. The Hall–Kier alpha value is -1.88. The van der Waals surface area contributed by atoms with Crippen molar-refractivity contribution in [3.8, 4) is 0 Å². The minimum absolute atomic E-state index is 0.253. The van der Waals surface area contributed by atoms with Crippen molar-refractivity contribution in [1.29, 1.82) is 0 Å². The molecule has 1 amide bonds. The number of carbonyl (C=O) groups excluding carboxylic acids is 2. The van der Waals surface area contributed by atoms with E-state index in [4.69, 9.17) is 9.47 Å². The number of rotatable bonds is 5. The van der Waals surface area contributed by atoms with E-state index < -0.39 is 18.1 Å². The normalized spacial score (nSPS) is 18.8. The monoisotopic (exact) mass is 305 g/mol. The average Bonchev–Trinajstić information content (AvgIpc) is 3.02. The largest absolute Gasteiger partial charge is 0.464 e. The number of aryl methyl sites for hydroxylation is 1. The Morgan fingerprint density at radius 2 is 2.18 bits per heavy atom. The molecule has 0 aliphatic carbocycles. The number of amides is 1. The molecular weight excluding hydrogens is 282 g/mol. The molecule has 0 bridgehead atoms. The summed E-state index contributed by atoms with van der Waals surface area (Å²) in [6.45, 7) is 6.53. The van der Waals surface area contributed by atoms with Gasteiger partial charge in [-0.3, -0.25) is 4.79 Å². The van der Waals surface area contributed by atoms with Crippen LogP contribution in [0.5, 0.6) is 0 Å². The standard InChI is InChI=1S/C17H23NO4/c1-4-21-17(20)15(13-8-5-7-11(2)12(13)3)18-16(19)14-9-6-10-22-14/h5,7-8,14-15H,4,6,9-10H2,1-3H3,(H,18,19)/t14-,15+/m0/s1. The topological polar surface area (TPSA) is 64.6 Å². The van der Waals surface area contributed by atoms with Crippen LogP contribution in [0.4, 0.5) is 0 Å². The van der Waals surface area contributed by atoms with Crippen molar-refractivity contribution in [2.45, 2.75) is 45.8 Å². The van der Waals surface area contributed by atoms with Crippen LogP contribution in [-0.4, -0.2) is 31.2 Å².